The lowest BCUT2D eigenvalue weighted by Gasteiger charge is -2.12. The Balaban J connectivity index is 2.00. The van der Waals surface area contributed by atoms with E-state index in [9.17, 15) is 4.39 Å². The predicted octanol–water partition coefficient (Wildman–Crippen LogP) is 4.39. The first-order chi connectivity index (χ1) is 9.74. The molecule has 2 heterocycles. The summed E-state index contributed by atoms with van der Waals surface area (Å²) in [6.45, 7) is 2.04. The summed E-state index contributed by atoms with van der Waals surface area (Å²) in [4.78, 5) is 7.26. The van der Waals surface area contributed by atoms with Crippen LogP contribution in [0.2, 0.25) is 0 Å². The van der Waals surface area contributed by atoms with Crippen molar-refractivity contribution in [2.45, 2.75) is 32.6 Å². The van der Waals surface area contributed by atoms with Crippen molar-refractivity contribution in [1.29, 1.82) is 0 Å². The van der Waals surface area contributed by atoms with E-state index >= 15 is 0 Å². The van der Waals surface area contributed by atoms with Gasteiger partial charge in [0.15, 0.2) is 4.96 Å². The zero-order valence-corrected chi connectivity index (χ0v) is 12.1. The summed E-state index contributed by atoms with van der Waals surface area (Å²) >= 11 is 1.81. The normalized spacial score (nSPS) is 14.7. The topological polar surface area (TPSA) is 17.3 Å². The Hall–Kier alpha value is -1.68. The molecule has 0 amide bonds. The number of hydrogen-bond acceptors (Lipinski definition) is 2. The highest BCUT2D eigenvalue weighted by atomic mass is 32.1. The highest BCUT2D eigenvalue weighted by Gasteiger charge is 2.21. The Labute approximate surface area is 120 Å². The number of rotatable bonds is 1. The molecule has 4 rings (SSSR count). The summed E-state index contributed by atoms with van der Waals surface area (Å²) in [5, 5.41) is 0. The van der Waals surface area contributed by atoms with Gasteiger partial charge in [-0.25, -0.2) is 9.37 Å². The molecule has 2 nitrogen and oxygen atoms in total. The first-order valence-corrected chi connectivity index (χ1v) is 7.81. The molecule has 102 valence electrons. The number of hydrogen-bond donors (Lipinski definition) is 0. The first-order valence-electron chi connectivity index (χ1n) is 6.99. The van der Waals surface area contributed by atoms with Crippen LogP contribution >= 0.6 is 11.3 Å². The summed E-state index contributed by atoms with van der Waals surface area (Å²) in [6, 6.07) is 6.73. The smallest absolute Gasteiger partial charge is 0.194 e. The third-order valence-corrected chi connectivity index (χ3v) is 5.15. The van der Waals surface area contributed by atoms with Gasteiger partial charge in [-0.15, -0.1) is 11.3 Å². The van der Waals surface area contributed by atoms with E-state index < -0.39 is 0 Å². The van der Waals surface area contributed by atoms with Crippen LogP contribution < -0.4 is 0 Å². The summed E-state index contributed by atoms with van der Waals surface area (Å²) in [5.41, 5.74) is 4.61. The van der Waals surface area contributed by atoms with Gasteiger partial charge in [-0.3, -0.25) is 4.40 Å². The van der Waals surface area contributed by atoms with Gasteiger partial charge in [-0.1, -0.05) is 0 Å². The van der Waals surface area contributed by atoms with Crippen LogP contribution in [-0.2, 0) is 12.8 Å². The number of nitrogens with zero attached hydrogens (tertiary/aromatic N) is 2. The quantitative estimate of drug-likeness (QED) is 0.648. The molecule has 0 N–H and O–H groups in total. The second kappa shape index (κ2) is 4.42. The van der Waals surface area contributed by atoms with Gasteiger partial charge in [0.2, 0.25) is 0 Å². The fourth-order valence-electron chi connectivity index (χ4n) is 3.09. The van der Waals surface area contributed by atoms with Gasteiger partial charge in [0, 0.05) is 16.1 Å². The average molecular weight is 286 g/mol. The van der Waals surface area contributed by atoms with Crippen molar-refractivity contribution in [2.75, 3.05) is 0 Å². The van der Waals surface area contributed by atoms with Gasteiger partial charge in [0.1, 0.15) is 5.82 Å². The molecule has 0 unspecified atom stereocenters. The van der Waals surface area contributed by atoms with Crippen LogP contribution in [0.4, 0.5) is 4.39 Å². The van der Waals surface area contributed by atoms with Crippen molar-refractivity contribution in [3.8, 4) is 11.3 Å². The van der Waals surface area contributed by atoms with Crippen molar-refractivity contribution in [3.63, 3.8) is 0 Å². The minimum Gasteiger partial charge on any atom is -0.287 e. The van der Waals surface area contributed by atoms with Crippen molar-refractivity contribution >= 4 is 16.3 Å². The SMILES string of the molecule is Cc1nc2sc3c(n2c1-c1ccc(F)cc1)CCCC3. The number of thiazole rings is 1. The summed E-state index contributed by atoms with van der Waals surface area (Å²) in [6.07, 6.45) is 4.82. The molecule has 0 saturated carbocycles. The van der Waals surface area contributed by atoms with E-state index in [0.29, 0.717) is 0 Å². The van der Waals surface area contributed by atoms with Crippen molar-refractivity contribution in [3.05, 3.63) is 46.3 Å². The molecule has 0 radical (unpaired) electrons. The van der Waals surface area contributed by atoms with Gasteiger partial charge >= 0.3 is 0 Å². The minimum atomic E-state index is -0.195. The monoisotopic (exact) mass is 286 g/mol. The molecule has 0 spiro atoms. The second-order valence-corrected chi connectivity index (χ2v) is 6.41. The maximum Gasteiger partial charge on any atom is 0.194 e. The van der Waals surface area contributed by atoms with E-state index in [4.69, 9.17) is 4.98 Å². The number of aromatic nitrogens is 2. The van der Waals surface area contributed by atoms with Crippen LogP contribution in [0.25, 0.3) is 16.2 Å². The maximum absolute atomic E-state index is 13.1. The third kappa shape index (κ3) is 1.71. The van der Waals surface area contributed by atoms with E-state index in [-0.39, 0.29) is 5.82 Å². The molecule has 1 aliphatic carbocycles. The van der Waals surface area contributed by atoms with Crippen LogP contribution in [0, 0.1) is 12.7 Å². The van der Waals surface area contributed by atoms with Crippen LogP contribution in [0.5, 0.6) is 0 Å². The average Bonchev–Trinajstić information content (AvgIpc) is 2.94. The Bertz CT molecular complexity index is 783. The Morgan fingerprint density at radius 3 is 2.70 bits per heavy atom. The van der Waals surface area contributed by atoms with E-state index in [2.05, 4.69) is 4.40 Å². The van der Waals surface area contributed by atoms with E-state index in [1.807, 2.05) is 30.4 Å². The van der Waals surface area contributed by atoms with Crippen LogP contribution in [0.1, 0.15) is 29.1 Å². The standard InChI is InChI=1S/C16H15FN2S/c1-10-15(11-6-8-12(17)9-7-11)19-13-4-2-3-5-14(13)20-16(19)18-10/h6-9H,2-5H2,1H3. The lowest BCUT2D eigenvalue weighted by Crippen LogP contribution is -2.03. The fraction of sp³-hybridized carbons (Fsp3) is 0.312. The summed E-state index contributed by atoms with van der Waals surface area (Å²) < 4.78 is 15.4. The third-order valence-electron chi connectivity index (χ3n) is 4.01. The number of aryl methyl sites for hydroxylation is 3. The highest BCUT2D eigenvalue weighted by Crippen LogP contribution is 2.35. The van der Waals surface area contributed by atoms with Crippen molar-refractivity contribution in [2.24, 2.45) is 0 Å². The lowest BCUT2D eigenvalue weighted by atomic mass is 10.0. The van der Waals surface area contributed by atoms with Gasteiger partial charge < -0.3 is 0 Å². The molecule has 0 atom stereocenters. The highest BCUT2D eigenvalue weighted by molar-refractivity contribution is 7.17. The van der Waals surface area contributed by atoms with E-state index in [1.54, 1.807) is 0 Å². The first kappa shape index (κ1) is 12.1. The molecule has 0 aliphatic heterocycles. The fourth-order valence-corrected chi connectivity index (χ4v) is 4.34. The molecule has 20 heavy (non-hydrogen) atoms. The van der Waals surface area contributed by atoms with E-state index in [0.717, 1.165) is 28.3 Å². The van der Waals surface area contributed by atoms with Gasteiger partial charge in [-0.05, 0) is 56.9 Å². The Kier molecular flexibility index (Phi) is 2.67. The van der Waals surface area contributed by atoms with E-state index in [1.165, 1.54) is 42.0 Å². The molecule has 3 aromatic rings. The van der Waals surface area contributed by atoms with Gasteiger partial charge in [-0.2, -0.15) is 0 Å². The molecule has 1 aliphatic rings. The Morgan fingerprint density at radius 1 is 1.15 bits per heavy atom. The molecular weight excluding hydrogens is 271 g/mol. The number of benzene rings is 1. The molecular formula is C16H15FN2S. The van der Waals surface area contributed by atoms with Crippen LogP contribution in [0.15, 0.2) is 24.3 Å². The van der Waals surface area contributed by atoms with Crippen molar-refractivity contribution in [1.82, 2.24) is 9.38 Å². The zero-order valence-electron chi connectivity index (χ0n) is 11.3. The number of fused-ring (bicyclic) bond motifs is 3. The summed E-state index contributed by atoms with van der Waals surface area (Å²) in [7, 11) is 0. The summed E-state index contributed by atoms with van der Waals surface area (Å²) in [5.74, 6) is -0.195. The number of imidazole rings is 1. The Morgan fingerprint density at radius 2 is 1.90 bits per heavy atom. The van der Waals surface area contributed by atoms with Crippen LogP contribution in [-0.4, -0.2) is 9.38 Å². The molecule has 0 fully saturated rings. The zero-order chi connectivity index (χ0) is 13.7. The maximum atomic E-state index is 13.1. The van der Waals surface area contributed by atoms with Crippen molar-refractivity contribution < 1.29 is 4.39 Å². The molecule has 0 bridgehead atoms. The molecule has 4 heteroatoms. The van der Waals surface area contributed by atoms with Gasteiger partial charge in [0.05, 0.1) is 11.4 Å². The predicted molar refractivity (Wildman–Crippen MR) is 79.8 cm³/mol. The molecule has 0 saturated heterocycles. The lowest BCUT2D eigenvalue weighted by molar-refractivity contribution is 0.628. The van der Waals surface area contributed by atoms with Crippen LogP contribution in [0.3, 0.4) is 0 Å². The second-order valence-electron chi connectivity index (χ2n) is 5.35. The van der Waals surface area contributed by atoms with Gasteiger partial charge in [0.25, 0.3) is 0 Å². The largest absolute Gasteiger partial charge is 0.287 e. The molecule has 1 aromatic carbocycles. The minimum absolute atomic E-state index is 0.195. The number of halogens is 1. The molecule has 2 aromatic heterocycles.